The van der Waals surface area contributed by atoms with Gasteiger partial charge in [0.1, 0.15) is 17.2 Å². The van der Waals surface area contributed by atoms with E-state index in [1.54, 1.807) is 6.20 Å². The van der Waals surface area contributed by atoms with Crippen LogP contribution in [0.1, 0.15) is 58.4 Å². The number of nitriles is 1. The predicted octanol–water partition coefficient (Wildman–Crippen LogP) is 6.56. The molecule has 0 amide bonds. The van der Waals surface area contributed by atoms with E-state index in [1.807, 2.05) is 23.0 Å². The standard InChI is InChI=1S/C38H42N7O/c1-37(2,3)28-11-7-26(8-12-28)31-34-33(30(25-39)43-17-15-40-35(31)43)44(20-19-42-21-23-46-24-22-42)32(36-41-16-18-45(34)36)27-9-13-29(14-10-27)38(4,5)6/h7-18H,19-24H2,1-6H3/q+1. The Balaban J connectivity index is 1.58. The largest absolute Gasteiger partial charge is 0.379 e. The van der Waals surface area contributed by atoms with Crippen molar-refractivity contribution in [1.29, 1.82) is 5.26 Å². The van der Waals surface area contributed by atoms with Gasteiger partial charge in [0.15, 0.2) is 6.54 Å². The van der Waals surface area contributed by atoms with Crippen LogP contribution in [0.3, 0.4) is 0 Å². The fourth-order valence-corrected chi connectivity index (χ4v) is 6.71. The number of benzene rings is 2. The Labute approximate surface area is 270 Å². The predicted molar refractivity (Wildman–Crippen MR) is 182 cm³/mol. The number of pyridine rings is 1. The molecular formula is C38H42N7O+. The zero-order valence-electron chi connectivity index (χ0n) is 27.7. The van der Waals surface area contributed by atoms with Crippen molar-refractivity contribution in [3.8, 4) is 28.5 Å². The van der Waals surface area contributed by atoms with Crippen molar-refractivity contribution in [1.82, 2.24) is 23.7 Å². The zero-order valence-corrected chi connectivity index (χ0v) is 27.7. The van der Waals surface area contributed by atoms with Crippen LogP contribution in [0.2, 0.25) is 0 Å². The third-order valence-electron chi connectivity index (χ3n) is 9.34. The number of aromatic nitrogens is 5. The first kappa shape index (κ1) is 30.1. The number of hydrogen-bond donors (Lipinski definition) is 0. The Kier molecular flexibility index (Phi) is 7.42. The second-order valence-electron chi connectivity index (χ2n) is 14.4. The van der Waals surface area contributed by atoms with E-state index in [0.29, 0.717) is 12.2 Å². The van der Waals surface area contributed by atoms with Gasteiger partial charge in [-0.2, -0.15) is 9.83 Å². The monoisotopic (exact) mass is 612 g/mol. The summed E-state index contributed by atoms with van der Waals surface area (Å²) in [5.74, 6) is 0. The third-order valence-corrected chi connectivity index (χ3v) is 9.34. The minimum atomic E-state index is 0.0332. The van der Waals surface area contributed by atoms with Gasteiger partial charge in [0.05, 0.1) is 30.9 Å². The molecule has 0 bridgehead atoms. The van der Waals surface area contributed by atoms with E-state index in [1.165, 1.54) is 11.1 Å². The van der Waals surface area contributed by atoms with Gasteiger partial charge in [0, 0.05) is 37.9 Å². The summed E-state index contributed by atoms with van der Waals surface area (Å²) in [5.41, 5.74) is 10.7. The third kappa shape index (κ3) is 5.14. The highest BCUT2D eigenvalue weighted by molar-refractivity contribution is 6.01. The van der Waals surface area contributed by atoms with E-state index < -0.39 is 0 Å². The van der Waals surface area contributed by atoms with Crippen molar-refractivity contribution in [3.63, 3.8) is 0 Å². The average molecular weight is 613 g/mol. The van der Waals surface area contributed by atoms with Gasteiger partial charge >= 0.3 is 0 Å². The van der Waals surface area contributed by atoms with E-state index in [9.17, 15) is 5.26 Å². The van der Waals surface area contributed by atoms with Crippen LogP contribution in [0.15, 0.2) is 73.3 Å². The van der Waals surface area contributed by atoms with Gasteiger partial charge in [-0.25, -0.2) is 9.97 Å². The summed E-state index contributed by atoms with van der Waals surface area (Å²) in [6.07, 6.45) is 7.58. The molecule has 234 valence electrons. The van der Waals surface area contributed by atoms with Crippen molar-refractivity contribution in [3.05, 3.63) is 90.1 Å². The highest BCUT2D eigenvalue weighted by Gasteiger charge is 2.32. The van der Waals surface area contributed by atoms with E-state index >= 15 is 0 Å². The second kappa shape index (κ2) is 11.3. The lowest BCUT2D eigenvalue weighted by atomic mass is 9.86. The molecule has 1 fully saturated rings. The maximum absolute atomic E-state index is 10.8. The fourth-order valence-electron chi connectivity index (χ4n) is 6.71. The molecule has 4 aromatic heterocycles. The highest BCUT2D eigenvalue weighted by Crippen LogP contribution is 2.37. The number of hydrogen-bond acceptors (Lipinski definition) is 5. The minimum absolute atomic E-state index is 0.0332. The SMILES string of the molecule is CC(C)(C)c1ccc(-c2c3nccn3c(C#N)c3c2n2ccnc2c(-c2ccc(C(C)(C)C)cc2)[n+]3CCN2CCOCC2)cc1. The molecule has 2 aromatic carbocycles. The summed E-state index contributed by atoms with van der Waals surface area (Å²) in [4.78, 5) is 12.2. The van der Waals surface area contributed by atoms with Gasteiger partial charge in [-0.15, -0.1) is 0 Å². The maximum atomic E-state index is 10.8. The van der Waals surface area contributed by atoms with Gasteiger partial charge in [-0.05, 0) is 39.7 Å². The lowest BCUT2D eigenvalue weighted by molar-refractivity contribution is -0.659. The molecule has 0 atom stereocenters. The minimum Gasteiger partial charge on any atom is -0.379 e. The normalized spacial score (nSPS) is 14.8. The number of imidazole rings is 2. The second-order valence-corrected chi connectivity index (χ2v) is 14.4. The smallest absolute Gasteiger partial charge is 0.266 e. The van der Waals surface area contributed by atoms with Crippen LogP contribution >= 0.6 is 0 Å². The molecule has 5 heterocycles. The first-order valence-corrected chi connectivity index (χ1v) is 16.2. The van der Waals surface area contributed by atoms with E-state index in [4.69, 9.17) is 14.7 Å². The van der Waals surface area contributed by atoms with E-state index in [2.05, 4.69) is 110 Å². The van der Waals surface area contributed by atoms with Crippen molar-refractivity contribution >= 4 is 22.3 Å². The molecule has 1 aliphatic rings. The van der Waals surface area contributed by atoms with Crippen molar-refractivity contribution in [2.24, 2.45) is 0 Å². The molecule has 0 aliphatic carbocycles. The van der Waals surface area contributed by atoms with Gasteiger partial charge in [-0.3, -0.25) is 13.7 Å². The summed E-state index contributed by atoms with van der Waals surface area (Å²) < 4.78 is 12.1. The summed E-state index contributed by atoms with van der Waals surface area (Å²) >= 11 is 0. The molecule has 7 rings (SSSR count). The Morgan fingerprint density at radius 1 is 0.783 bits per heavy atom. The number of fused-ring (bicyclic) bond motifs is 4. The number of ether oxygens (including phenoxy) is 1. The van der Waals surface area contributed by atoms with E-state index in [0.717, 1.165) is 77.6 Å². The number of rotatable bonds is 5. The van der Waals surface area contributed by atoms with Crippen LogP contribution in [0.4, 0.5) is 0 Å². The molecule has 8 heteroatoms. The molecule has 6 aromatic rings. The topological polar surface area (TPSA) is 74.7 Å². The number of nitrogens with zero attached hydrogens (tertiary/aromatic N) is 7. The van der Waals surface area contributed by atoms with Crippen LogP contribution in [0.25, 0.3) is 44.7 Å². The van der Waals surface area contributed by atoms with Gasteiger partial charge in [0.25, 0.3) is 11.2 Å². The van der Waals surface area contributed by atoms with Crippen molar-refractivity contribution in [2.45, 2.75) is 58.9 Å². The Morgan fingerprint density at radius 3 is 1.93 bits per heavy atom. The van der Waals surface area contributed by atoms with Crippen molar-refractivity contribution in [2.75, 3.05) is 32.8 Å². The first-order valence-electron chi connectivity index (χ1n) is 16.2. The number of morpholine rings is 1. The molecule has 0 unspecified atom stereocenters. The molecule has 0 spiro atoms. The lowest BCUT2D eigenvalue weighted by Crippen LogP contribution is -2.47. The lowest BCUT2D eigenvalue weighted by Gasteiger charge is -2.26. The highest BCUT2D eigenvalue weighted by atomic mass is 16.5. The summed E-state index contributed by atoms with van der Waals surface area (Å²) in [6, 6.07) is 20.2. The van der Waals surface area contributed by atoms with Crippen LogP contribution in [0.5, 0.6) is 0 Å². The van der Waals surface area contributed by atoms with Crippen LogP contribution in [-0.2, 0) is 22.1 Å². The van der Waals surface area contributed by atoms with E-state index in [-0.39, 0.29) is 10.8 Å². The molecule has 0 N–H and O–H groups in total. The summed E-state index contributed by atoms with van der Waals surface area (Å²) in [6.45, 7) is 18.2. The summed E-state index contributed by atoms with van der Waals surface area (Å²) in [7, 11) is 0. The zero-order chi connectivity index (χ0) is 32.2. The van der Waals surface area contributed by atoms with Gasteiger partial charge < -0.3 is 4.74 Å². The average Bonchev–Trinajstić information content (AvgIpc) is 3.73. The van der Waals surface area contributed by atoms with Crippen LogP contribution in [-0.4, -0.2) is 56.5 Å². The van der Waals surface area contributed by atoms with Gasteiger partial charge in [-0.1, -0.05) is 77.9 Å². The quantitative estimate of drug-likeness (QED) is 0.206. The molecular weight excluding hydrogens is 570 g/mol. The molecule has 0 saturated carbocycles. The van der Waals surface area contributed by atoms with Crippen molar-refractivity contribution < 1.29 is 9.30 Å². The maximum Gasteiger partial charge on any atom is 0.266 e. The Morgan fingerprint density at radius 2 is 1.35 bits per heavy atom. The Bertz CT molecular complexity index is 2090. The van der Waals surface area contributed by atoms with Crippen LogP contribution in [0, 0.1) is 11.3 Å². The first-order chi connectivity index (χ1) is 22.1. The fraction of sp³-hybridized carbons (Fsp3) is 0.368. The Hall–Kier alpha value is -4.58. The van der Waals surface area contributed by atoms with Gasteiger partial charge in [0.2, 0.25) is 11.3 Å². The molecule has 46 heavy (non-hydrogen) atoms. The molecule has 1 saturated heterocycles. The molecule has 0 radical (unpaired) electrons. The molecule has 8 nitrogen and oxygen atoms in total. The molecule has 1 aliphatic heterocycles. The summed E-state index contributed by atoms with van der Waals surface area (Å²) in [5, 5.41) is 10.8. The van der Waals surface area contributed by atoms with Crippen LogP contribution < -0.4 is 4.57 Å².